The van der Waals surface area contributed by atoms with Crippen LogP contribution in [0.4, 0.5) is 0 Å². The van der Waals surface area contributed by atoms with E-state index in [1.54, 1.807) is 6.08 Å². The molecule has 0 aromatic rings. The highest BCUT2D eigenvalue weighted by Gasteiger charge is 2.14. The molecule has 0 aromatic heterocycles. The minimum atomic E-state index is -1.31. The monoisotopic (exact) mass is 334 g/mol. The number of hydrogen-bond acceptors (Lipinski definition) is 2. The van der Waals surface area contributed by atoms with Crippen molar-refractivity contribution in [1.82, 2.24) is 0 Å². The first kappa shape index (κ1) is 22.5. The minimum Gasteiger partial charge on any atom is -0.478 e. The molecule has 0 fully saturated rings. The first-order valence-corrected chi connectivity index (χ1v) is 9.36. The summed E-state index contributed by atoms with van der Waals surface area (Å²) in [6, 6.07) is 0. The van der Waals surface area contributed by atoms with Crippen LogP contribution in [0.15, 0.2) is 23.8 Å². The van der Waals surface area contributed by atoms with Gasteiger partial charge in [-0.3, -0.25) is 0 Å². The van der Waals surface area contributed by atoms with Crippen molar-refractivity contribution in [3.63, 3.8) is 0 Å². The fourth-order valence-corrected chi connectivity index (χ4v) is 2.52. The molecule has 0 heterocycles. The Balaban J connectivity index is 3.58. The van der Waals surface area contributed by atoms with Crippen molar-refractivity contribution in [2.24, 2.45) is 0 Å². The molecular formula is C21H34O3. The van der Waals surface area contributed by atoms with E-state index in [9.17, 15) is 9.90 Å². The summed E-state index contributed by atoms with van der Waals surface area (Å²) in [6.07, 6.45) is 23.8. The zero-order valence-corrected chi connectivity index (χ0v) is 15.2. The van der Waals surface area contributed by atoms with Crippen molar-refractivity contribution in [2.75, 3.05) is 0 Å². The number of terminal acetylenes is 1. The maximum atomic E-state index is 10.9. The maximum absolute atomic E-state index is 10.9. The number of carboxylic acids is 1. The van der Waals surface area contributed by atoms with Crippen molar-refractivity contribution in [1.29, 1.82) is 0 Å². The van der Waals surface area contributed by atoms with Gasteiger partial charge in [-0.25, -0.2) is 4.79 Å². The summed E-state index contributed by atoms with van der Waals surface area (Å²) in [5.74, 6) is 0.903. The highest BCUT2D eigenvalue weighted by atomic mass is 16.4. The van der Waals surface area contributed by atoms with Crippen LogP contribution in [-0.4, -0.2) is 22.3 Å². The molecule has 0 rings (SSSR count). The molecule has 3 heteroatoms. The van der Waals surface area contributed by atoms with E-state index in [1.165, 1.54) is 44.9 Å². The summed E-state index contributed by atoms with van der Waals surface area (Å²) in [5, 5.41) is 18.3. The number of rotatable bonds is 15. The highest BCUT2D eigenvalue weighted by Crippen LogP contribution is 2.10. The van der Waals surface area contributed by atoms with Crippen LogP contribution in [0.2, 0.25) is 0 Å². The number of carboxylic acid groups (broad SMARTS) is 1. The fraction of sp³-hybridized carbons (Fsp3) is 0.667. The summed E-state index contributed by atoms with van der Waals surface area (Å²) < 4.78 is 0. The van der Waals surface area contributed by atoms with Gasteiger partial charge in [0.05, 0.1) is 5.57 Å². The molecule has 0 radical (unpaired) electrons. The van der Waals surface area contributed by atoms with Crippen LogP contribution in [0.5, 0.6) is 0 Å². The molecule has 0 aliphatic carbocycles. The first-order chi connectivity index (χ1) is 11.6. The Morgan fingerprint density at radius 3 is 2.00 bits per heavy atom. The summed E-state index contributed by atoms with van der Waals surface area (Å²) >= 11 is 0. The van der Waals surface area contributed by atoms with E-state index in [2.05, 4.69) is 19.1 Å². The molecule has 0 bridgehead atoms. The van der Waals surface area contributed by atoms with Crippen LogP contribution < -0.4 is 0 Å². The first-order valence-electron chi connectivity index (χ1n) is 9.36. The second-order valence-corrected chi connectivity index (χ2v) is 6.20. The summed E-state index contributed by atoms with van der Waals surface area (Å²) in [5.41, 5.74) is -0.0867. The number of unbranched alkanes of at least 4 members (excludes halogenated alkanes) is 10. The molecule has 3 nitrogen and oxygen atoms in total. The normalized spacial score (nSPS) is 13.1. The lowest BCUT2D eigenvalue weighted by Crippen LogP contribution is -2.15. The smallest absolute Gasteiger partial charge is 0.334 e. The van der Waals surface area contributed by atoms with E-state index in [1.807, 2.05) is 5.92 Å². The molecule has 0 amide bonds. The Bertz CT molecular complexity index is 415. The van der Waals surface area contributed by atoms with Gasteiger partial charge in [-0.1, -0.05) is 69.6 Å². The lowest BCUT2D eigenvalue weighted by atomic mass is 10.1. The van der Waals surface area contributed by atoms with Crippen LogP contribution in [0.3, 0.4) is 0 Å². The van der Waals surface area contributed by atoms with Crippen molar-refractivity contribution in [3.05, 3.63) is 23.8 Å². The number of aliphatic carboxylic acids is 1. The summed E-state index contributed by atoms with van der Waals surface area (Å²) in [6.45, 7) is 2.24. The molecular weight excluding hydrogens is 300 g/mol. The Kier molecular flexibility index (Phi) is 15.3. The lowest BCUT2D eigenvalue weighted by molar-refractivity contribution is -0.133. The average molecular weight is 335 g/mol. The predicted molar refractivity (Wildman–Crippen MR) is 101 cm³/mol. The van der Waals surface area contributed by atoms with Gasteiger partial charge in [0.25, 0.3) is 0 Å². The van der Waals surface area contributed by atoms with Crippen LogP contribution in [0.1, 0.15) is 84.0 Å². The molecule has 2 N–H and O–H groups in total. The highest BCUT2D eigenvalue weighted by molar-refractivity contribution is 5.88. The molecule has 0 aliphatic heterocycles. The Morgan fingerprint density at radius 2 is 1.46 bits per heavy atom. The van der Waals surface area contributed by atoms with E-state index in [4.69, 9.17) is 11.5 Å². The fourth-order valence-electron chi connectivity index (χ4n) is 2.52. The van der Waals surface area contributed by atoms with Crippen LogP contribution in [-0.2, 0) is 4.79 Å². The summed E-state index contributed by atoms with van der Waals surface area (Å²) in [4.78, 5) is 10.9. The van der Waals surface area contributed by atoms with E-state index < -0.39 is 12.1 Å². The molecule has 136 valence electrons. The lowest BCUT2D eigenvalue weighted by Gasteiger charge is -2.04. The van der Waals surface area contributed by atoms with E-state index in [-0.39, 0.29) is 5.57 Å². The molecule has 1 atom stereocenters. The van der Waals surface area contributed by atoms with Crippen molar-refractivity contribution >= 4 is 5.97 Å². The zero-order chi connectivity index (χ0) is 18.0. The topological polar surface area (TPSA) is 57.5 Å². The second-order valence-electron chi connectivity index (χ2n) is 6.20. The van der Waals surface area contributed by atoms with Gasteiger partial charge >= 0.3 is 5.97 Å². The molecule has 0 saturated carbocycles. The number of aliphatic hydroxyl groups excluding tert-OH is 1. The van der Waals surface area contributed by atoms with Gasteiger partial charge < -0.3 is 10.2 Å². The third kappa shape index (κ3) is 13.0. The summed E-state index contributed by atoms with van der Waals surface area (Å²) in [7, 11) is 0. The largest absolute Gasteiger partial charge is 0.478 e. The minimum absolute atomic E-state index is 0.0867. The van der Waals surface area contributed by atoms with E-state index >= 15 is 0 Å². The third-order valence-electron chi connectivity index (χ3n) is 4.03. The molecule has 24 heavy (non-hydrogen) atoms. The number of allylic oxidation sites excluding steroid dienone is 3. The van der Waals surface area contributed by atoms with Gasteiger partial charge in [-0.15, -0.1) is 6.42 Å². The third-order valence-corrected chi connectivity index (χ3v) is 4.03. The Hall–Kier alpha value is -1.53. The van der Waals surface area contributed by atoms with Gasteiger partial charge in [0.15, 0.2) is 0 Å². The average Bonchev–Trinajstić information content (AvgIpc) is 2.57. The van der Waals surface area contributed by atoms with Gasteiger partial charge in [0, 0.05) is 0 Å². The van der Waals surface area contributed by atoms with Gasteiger partial charge in [-0.05, 0) is 38.5 Å². The van der Waals surface area contributed by atoms with Gasteiger partial charge in [0.2, 0.25) is 0 Å². The Labute approximate surface area is 147 Å². The number of carbonyl (C=O) groups is 1. The van der Waals surface area contributed by atoms with E-state index in [0.29, 0.717) is 6.42 Å². The Morgan fingerprint density at radius 1 is 0.958 bits per heavy atom. The van der Waals surface area contributed by atoms with Gasteiger partial charge in [-0.2, -0.15) is 0 Å². The van der Waals surface area contributed by atoms with E-state index in [0.717, 1.165) is 25.7 Å². The van der Waals surface area contributed by atoms with Crippen LogP contribution in [0, 0.1) is 12.3 Å². The van der Waals surface area contributed by atoms with Crippen LogP contribution in [0.25, 0.3) is 0 Å². The second kappa shape index (κ2) is 16.3. The zero-order valence-electron chi connectivity index (χ0n) is 15.2. The van der Waals surface area contributed by atoms with Gasteiger partial charge in [0.1, 0.15) is 6.10 Å². The maximum Gasteiger partial charge on any atom is 0.334 e. The standard InChI is InChI=1S/C21H34O3/c1-3-5-6-7-8-9-10-11-12-13-14-15-16-17-18-19(21(23)24)20(22)4-2/h2,11-12,18,20,22H,3,5-10,13-17H2,1H3,(H,23,24)/b12-11-,19-18+/t20-/m1/s1. The van der Waals surface area contributed by atoms with Crippen LogP contribution >= 0.6 is 0 Å². The molecule has 0 unspecified atom stereocenters. The number of aliphatic hydroxyl groups is 1. The molecule has 0 spiro atoms. The molecule has 0 aliphatic rings. The molecule has 0 saturated heterocycles. The number of hydrogen-bond donors (Lipinski definition) is 2. The van der Waals surface area contributed by atoms with Crippen molar-refractivity contribution in [2.45, 2.75) is 90.1 Å². The quantitative estimate of drug-likeness (QED) is 0.186. The van der Waals surface area contributed by atoms with Crippen molar-refractivity contribution in [3.8, 4) is 12.3 Å². The predicted octanol–water partition coefficient (Wildman–Crippen LogP) is 5.25. The molecule has 0 aromatic carbocycles. The SMILES string of the molecule is C#C[C@@H](O)/C(=C\CCCCC/C=C\CCCCCCCC)C(=O)O. The van der Waals surface area contributed by atoms with Crippen molar-refractivity contribution < 1.29 is 15.0 Å².